The van der Waals surface area contributed by atoms with Crippen LogP contribution >= 0.6 is 0 Å². The van der Waals surface area contributed by atoms with Gasteiger partial charge in [-0.3, -0.25) is 4.68 Å². The smallest absolute Gasteiger partial charge is 0.180 e. The van der Waals surface area contributed by atoms with E-state index in [9.17, 15) is 8.42 Å². The predicted octanol–water partition coefficient (Wildman–Crippen LogP) is 1.00. The van der Waals surface area contributed by atoms with Crippen molar-refractivity contribution in [3.8, 4) is 0 Å². The molecule has 19 heavy (non-hydrogen) atoms. The fourth-order valence-electron chi connectivity index (χ4n) is 2.41. The molecule has 2 aromatic rings. The summed E-state index contributed by atoms with van der Waals surface area (Å²) >= 11 is 0. The van der Waals surface area contributed by atoms with E-state index in [1.165, 1.54) is 0 Å². The van der Waals surface area contributed by atoms with Crippen LogP contribution < -0.4 is 5.32 Å². The second kappa shape index (κ2) is 4.79. The normalized spacial score (nSPS) is 20.3. The molecule has 6 heteroatoms. The highest BCUT2D eigenvalue weighted by atomic mass is 32.2. The van der Waals surface area contributed by atoms with Crippen molar-refractivity contribution < 1.29 is 8.42 Å². The molecule has 0 fully saturated rings. The van der Waals surface area contributed by atoms with Crippen LogP contribution in [0.25, 0.3) is 0 Å². The molecule has 1 aliphatic heterocycles. The van der Waals surface area contributed by atoms with E-state index in [-0.39, 0.29) is 11.8 Å². The quantitative estimate of drug-likeness (QED) is 0.905. The Morgan fingerprint density at radius 2 is 2.16 bits per heavy atom. The molecule has 0 amide bonds. The van der Waals surface area contributed by atoms with Crippen LogP contribution in [0, 0.1) is 0 Å². The van der Waals surface area contributed by atoms with Gasteiger partial charge in [0.1, 0.15) is 0 Å². The Hall–Kier alpha value is -1.66. The first kappa shape index (κ1) is 12.4. The zero-order valence-electron chi connectivity index (χ0n) is 10.4. The lowest BCUT2D eigenvalue weighted by atomic mass is 10.1. The van der Waals surface area contributed by atoms with E-state index in [4.69, 9.17) is 0 Å². The highest BCUT2D eigenvalue weighted by molar-refractivity contribution is 7.91. The summed E-state index contributed by atoms with van der Waals surface area (Å²) in [6, 6.07) is 8.96. The van der Waals surface area contributed by atoms with Gasteiger partial charge in [0, 0.05) is 25.0 Å². The van der Waals surface area contributed by atoms with Crippen LogP contribution in [-0.4, -0.2) is 30.5 Å². The van der Waals surface area contributed by atoms with Crippen molar-refractivity contribution in [1.29, 1.82) is 0 Å². The third-order valence-corrected chi connectivity index (χ3v) is 5.12. The minimum absolute atomic E-state index is 0.114. The molecule has 1 aromatic heterocycles. The van der Waals surface area contributed by atoms with Gasteiger partial charge in [0.2, 0.25) is 0 Å². The molecule has 1 N–H and O–H groups in total. The maximum Gasteiger partial charge on any atom is 0.180 e. The van der Waals surface area contributed by atoms with Gasteiger partial charge in [-0.1, -0.05) is 18.2 Å². The summed E-state index contributed by atoms with van der Waals surface area (Å²) in [5, 5.41) is 7.40. The Balaban J connectivity index is 1.70. The Morgan fingerprint density at radius 1 is 1.32 bits per heavy atom. The number of hydrogen-bond acceptors (Lipinski definition) is 4. The monoisotopic (exact) mass is 277 g/mol. The van der Waals surface area contributed by atoms with E-state index in [2.05, 4.69) is 10.4 Å². The van der Waals surface area contributed by atoms with E-state index in [0.717, 1.165) is 12.1 Å². The zero-order chi connectivity index (χ0) is 13.3. The number of sulfone groups is 1. The van der Waals surface area contributed by atoms with E-state index in [0.29, 0.717) is 11.4 Å². The Bertz CT molecular complexity index is 665. The molecule has 1 aliphatic rings. The fraction of sp³-hybridized carbons (Fsp3) is 0.308. The van der Waals surface area contributed by atoms with Gasteiger partial charge < -0.3 is 5.32 Å². The number of aromatic nitrogens is 2. The number of hydrogen-bond donors (Lipinski definition) is 1. The molecule has 3 rings (SSSR count). The fourth-order valence-corrected chi connectivity index (χ4v) is 4.18. The van der Waals surface area contributed by atoms with Crippen molar-refractivity contribution in [2.75, 3.05) is 12.3 Å². The van der Waals surface area contributed by atoms with Crippen molar-refractivity contribution in [3.05, 3.63) is 48.3 Å². The molecule has 0 radical (unpaired) electrons. The van der Waals surface area contributed by atoms with Crippen molar-refractivity contribution >= 4 is 9.84 Å². The second-order valence-corrected chi connectivity index (χ2v) is 6.60. The molecule has 0 bridgehead atoms. The summed E-state index contributed by atoms with van der Waals surface area (Å²) in [4.78, 5) is 0.464. The number of fused-ring (bicyclic) bond motifs is 1. The summed E-state index contributed by atoms with van der Waals surface area (Å²) < 4.78 is 25.8. The highest BCUT2D eigenvalue weighted by Gasteiger charge is 2.33. The third-order valence-electron chi connectivity index (χ3n) is 3.31. The number of nitrogens with one attached hydrogen (secondary N) is 1. The van der Waals surface area contributed by atoms with Crippen LogP contribution in [0.1, 0.15) is 11.6 Å². The standard InChI is InChI=1S/C13H15N3O2S/c17-19(18)10-12(11-4-1-2-5-13(11)19)14-7-9-16-8-3-6-15-16/h1-6,8,12,14H,7,9-10H2. The van der Waals surface area contributed by atoms with Gasteiger partial charge in [-0.15, -0.1) is 0 Å². The average molecular weight is 277 g/mol. The lowest BCUT2D eigenvalue weighted by Gasteiger charge is -2.12. The summed E-state index contributed by atoms with van der Waals surface area (Å²) in [7, 11) is -3.12. The number of benzene rings is 1. The summed E-state index contributed by atoms with van der Waals surface area (Å²) in [6.45, 7) is 1.42. The van der Waals surface area contributed by atoms with Crippen molar-refractivity contribution in [3.63, 3.8) is 0 Å². The molecule has 0 saturated carbocycles. The van der Waals surface area contributed by atoms with Crippen LogP contribution in [-0.2, 0) is 16.4 Å². The van der Waals surface area contributed by atoms with E-state index >= 15 is 0 Å². The molecule has 100 valence electrons. The van der Waals surface area contributed by atoms with E-state index in [1.807, 2.05) is 29.1 Å². The first-order valence-corrected chi connectivity index (χ1v) is 7.84. The molecule has 5 nitrogen and oxygen atoms in total. The topological polar surface area (TPSA) is 64.0 Å². The van der Waals surface area contributed by atoms with Crippen LogP contribution in [0.3, 0.4) is 0 Å². The van der Waals surface area contributed by atoms with Gasteiger partial charge >= 0.3 is 0 Å². The van der Waals surface area contributed by atoms with Gasteiger partial charge in [-0.2, -0.15) is 5.10 Å². The van der Waals surface area contributed by atoms with E-state index < -0.39 is 9.84 Å². The van der Waals surface area contributed by atoms with Crippen LogP contribution in [0.15, 0.2) is 47.6 Å². The highest BCUT2D eigenvalue weighted by Crippen LogP contribution is 2.32. The summed E-state index contributed by atoms with van der Waals surface area (Å²) in [5.74, 6) is 0.144. The third kappa shape index (κ3) is 2.41. The van der Waals surface area contributed by atoms with Crippen molar-refractivity contribution in [2.24, 2.45) is 0 Å². The Kier molecular flexibility index (Phi) is 3.12. The zero-order valence-corrected chi connectivity index (χ0v) is 11.2. The molecular weight excluding hydrogens is 262 g/mol. The number of nitrogens with zero attached hydrogens (tertiary/aromatic N) is 2. The van der Waals surface area contributed by atoms with Gasteiger partial charge in [-0.05, 0) is 17.7 Å². The molecule has 1 atom stereocenters. The van der Waals surface area contributed by atoms with E-state index in [1.54, 1.807) is 18.3 Å². The Labute approximate surface area is 112 Å². The first-order chi connectivity index (χ1) is 9.17. The minimum atomic E-state index is -3.12. The second-order valence-electron chi connectivity index (χ2n) is 4.60. The molecule has 0 aliphatic carbocycles. The molecule has 0 saturated heterocycles. The van der Waals surface area contributed by atoms with Crippen LogP contribution in [0.2, 0.25) is 0 Å². The van der Waals surface area contributed by atoms with Crippen LogP contribution in [0.4, 0.5) is 0 Å². The van der Waals surface area contributed by atoms with Gasteiger partial charge in [0.15, 0.2) is 9.84 Å². The molecular formula is C13H15N3O2S. The summed E-state index contributed by atoms with van der Waals surface area (Å²) in [6.07, 6.45) is 3.62. The largest absolute Gasteiger partial charge is 0.307 e. The Morgan fingerprint density at radius 3 is 2.95 bits per heavy atom. The summed E-state index contributed by atoms with van der Waals surface area (Å²) in [5.41, 5.74) is 0.878. The van der Waals surface area contributed by atoms with Gasteiger partial charge in [0.25, 0.3) is 0 Å². The lowest BCUT2D eigenvalue weighted by Crippen LogP contribution is -2.26. The molecule has 0 spiro atoms. The van der Waals surface area contributed by atoms with Crippen molar-refractivity contribution in [2.45, 2.75) is 17.5 Å². The molecule has 2 heterocycles. The van der Waals surface area contributed by atoms with Crippen molar-refractivity contribution in [1.82, 2.24) is 15.1 Å². The maximum absolute atomic E-state index is 12.0. The maximum atomic E-state index is 12.0. The average Bonchev–Trinajstić information content (AvgIpc) is 2.98. The molecule has 1 unspecified atom stereocenters. The predicted molar refractivity (Wildman–Crippen MR) is 71.5 cm³/mol. The first-order valence-electron chi connectivity index (χ1n) is 6.19. The molecule has 1 aromatic carbocycles. The van der Waals surface area contributed by atoms with Crippen LogP contribution in [0.5, 0.6) is 0 Å². The number of rotatable bonds is 4. The van der Waals surface area contributed by atoms with Gasteiger partial charge in [-0.25, -0.2) is 8.42 Å². The minimum Gasteiger partial charge on any atom is -0.307 e. The lowest BCUT2D eigenvalue weighted by molar-refractivity contribution is 0.509. The SMILES string of the molecule is O=S1(=O)CC(NCCn2cccn2)c2ccccc21. The van der Waals surface area contributed by atoms with Gasteiger partial charge in [0.05, 0.1) is 17.2 Å².